The number of para-hydroxylation sites is 2. The molecule has 0 aliphatic rings. The number of thiazole rings is 1. The molecule has 2 heterocycles. The quantitative estimate of drug-likeness (QED) is 0.429. The van der Waals surface area contributed by atoms with Crippen LogP contribution in [-0.4, -0.2) is 15.3 Å². The van der Waals surface area contributed by atoms with Gasteiger partial charge in [0.05, 0.1) is 11.0 Å². The highest BCUT2D eigenvalue weighted by atomic mass is 32.1. The highest BCUT2D eigenvalue weighted by Crippen LogP contribution is 2.28. The number of hydrogen-bond acceptors (Lipinski definition) is 3. The molecule has 4 nitrogen and oxygen atoms in total. The Kier molecular flexibility index (Phi) is 3.95. The predicted octanol–water partition coefficient (Wildman–Crippen LogP) is 5.78. The monoisotopic (exact) mass is 383 g/mol. The number of benzene rings is 3. The minimum Gasteiger partial charge on any atom is -0.321 e. The molecule has 1 amide bonds. The summed E-state index contributed by atoms with van der Waals surface area (Å²) in [6.45, 7) is 1.96. The summed E-state index contributed by atoms with van der Waals surface area (Å²) >= 11 is 1.42. The maximum Gasteiger partial charge on any atom is 0.267 e. The summed E-state index contributed by atoms with van der Waals surface area (Å²) in [6, 6.07) is 26.1. The molecule has 0 fully saturated rings. The summed E-state index contributed by atoms with van der Waals surface area (Å²) < 4.78 is 2.05. The fraction of sp³-hybridized carbons (Fsp3) is 0.0435. The van der Waals surface area contributed by atoms with Gasteiger partial charge in [0.1, 0.15) is 4.88 Å². The van der Waals surface area contributed by atoms with Crippen molar-refractivity contribution in [2.45, 2.75) is 6.92 Å². The molecule has 136 valence electrons. The molecule has 0 radical (unpaired) electrons. The van der Waals surface area contributed by atoms with Gasteiger partial charge in [0.15, 0.2) is 4.96 Å². The van der Waals surface area contributed by atoms with E-state index in [1.165, 1.54) is 11.3 Å². The van der Waals surface area contributed by atoms with E-state index in [1.807, 2.05) is 78.1 Å². The summed E-state index contributed by atoms with van der Waals surface area (Å²) in [5.74, 6) is -0.107. The van der Waals surface area contributed by atoms with Gasteiger partial charge in [0, 0.05) is 11.4 Å². The Morgan fingerprint density at radius 3 is 2.36 bits per heavy atom. The number of nitrogens with one attached hydrogen (secondary N) is 1. The number of aryl methyl sites for hydroxylation is 1. The number of imidazole rings is 1. The molecule has 5 heteroatoms. The van der Waals surface area contributed by atoms with Gasteiger partial charge in [0.2, 0.25) is 0 Å². The van der Waals surface area contributed by atoms with E-state index in [0.717, 1.165) is 38.5 Å². The molecule has 28 heavy (non-hydrogen) atoms. The second-order valence-corrected chi connectivity index (χ2v) is 7.61. The fourth-order valence-corrected chi connectivity index (χ4v) is 4.47. The van der Waals surface area contributed by atoms with E-state index in [0.29, 0.717) is 4.88 Å². The van der Waals surface area contributed by atoms with Gasteiger partial charge in [-0.2, -0.15) is 0 Å². The number of fused-ring (bicyclic) bond motifs is 3. The lowest BCUT2D eigenvalue weighted by Crippen LogP contribution is -2.11. The Balaban J connectivity index is 1.43. The first-order valence-corrected chi connectivity index (χ1v) is 9.86. The van der Waals surface area contributed by atoms with Crippen LogP contribution in [0.3, 0.4) is 0 Å². The highest BCUT2D eigenvalue weighted by Gasteiger charge is 2.19. The largest absolute Gasteiger partial charge is 0.321 e. The lowest BCUT2D eigenvalue weighted by molar-refractivity contribution is 0.102. The molecule has 0 saturated heterocycles. The Labute approximate surface area is 166 Å². The van der Waals surface area contributed by atoms with E-state index in [-0.39, 0.29) is 5.91 Å². The smallest absolute Gasteiger partial charge is 0.267 e. The third-order valence-corrected chi connectivity index (χ3v) is 5.98. The number of carbonyl (C=O) groups is 1. The number of carbonyl (C=O) groups excluding carboxylic acids is 1. The summed E-state index contributed by atoms with van der Waals surface area (Å²) in [5, 5.41) is 3.01. The second kappa shape index (κ2) is 6.62. The van der Waals surface area contributed by atoms with Crippen molar-refractivity contribution in [3.63, 3.8) is 0 Å². The SMILES string of the molecule is Cc1c(C(=O)Nc2ccc(-c3ccccc3)cc2)sc2nc3ccccc3n12. The van der Waals surface area contributed by atoms with Crippen LogP contribution >= 0.6 is 11.3 Å². The standard InChI is InChI=1S/C23H17N3OS/c1-15-21(28-23-25-19-9-5-6-10-20(19)26(15)23)22(27)24-18-13-11-17(12-14-18)16-7-3-2-4-8-16/h2-14H,1H3,(H,24,27). The molecular weight excluding hydrogens is 366 g/mol. The van der Waals surface area contributed by atoms with Gasteiger partial charge in [-0.05, 0) is 42.3 Å². The van der Waals surface area contributed by atoms with Crippen molar-refractivity contribution in [2.24, 2.45) is 0 Å². The molecule has 0 bridgehead atoms. The van der Waals surface area contributed by atoms with Crippen LogP contribution in [0.15, 0.2) is 78.9 Å². The highest BCUT2D eigenvalue weighted by molar-refractivity contribution is 7.19. The van der Waals surface area contributed by atoms with Crippen molar-refractivity contribution in [3.8, 4) is 11.1 Å². The molecule has 0 atom stereocenters. The zero-order chi connectivity index (χ0) is 19.1. The average Bonchev–Trinajstić information content (AvgIpc) is 3.26. The molecule has 5 rings (SSSR count). The lowest BCUT2D eigenvalue weighted by Gasteiger charge is -2.06. The van der Waals surface area contributed by atoms with E-state index >= 15 is 0 Å². The zero-order valence-corrected chi connectivity index (χ0v) is 16.0. The number of rotatable bonds is 3. The van der Waals surface area contributed by atoms with E-state index in [4.69, 9.17) is 0 Å². The minimum atomic E-state index is -0.107. The molecular formula is C23H17N3OS. The van der Waals surface area contributed by atoms with Gasteiger partial charge in [-0.1, -0.05) is 65.9 Å². The van der Waals surface area contributed by atoms with Crippen molar-refractivity contribution >= 4 is 38.9 Å². The average molecular weight is 383 g/mol. The number of hydrogen-bond donors (Lipinski definition) is 1. The van der Waals surface area contributed by atoms with Crippen LogP contribution in [0, 0.1) is 6.92 Å². The molecule has 3 aromatic carbocycles. The molecule has 0 saturated carbocycles. The van der Waals surface area contributed by atoms with Gasteiger partial charge in [-0.15, -0.1) is 0 Å². The number of nitrogens with zero attached hydrogens (tertiary/aromatic N) is 2. The Hall–Kier alpha value is -3.44. The lowest BCUT2D eigenvalue weighted by atomic mass is 10.1. The first-order chi connectivity index (χ1) is 13.7. The van der Waals surface area contributed by atoms with E-state index < -0.39 is 0 Å². The van der Waals surface area contributed by atoms with Gasteiger partial charge in [-0.25, -0.2) is 4.98 Å². The van der Waals surface area contributed by atoms with Crippen molar-refractivity contribution in [1.29, 1.82) is 0 Å². The van der Waals surface area contributed by atoms with Crippen LogP contribution in [0.2, 0.25) is 0 Å². The maximum atomic E-state index is 12.9. The fourth-order valence-electron chi connectivity index (χ4n) is 3.44. The number of amides is 1. The van der Waals surface area contributed by atoms with Crippen molar-refractivity contribution in [2.75, 3.05) is 5.32 Å². The third kappa shape index (κ3) is 2.77. The van der Waals surface area contributed by atoms with Crippen LogP contribution in [0.1, 0.15) is 15.4 Å². The van der Waals surface area contributed by atoms with E-state index in [2.05, 4.69) is 22.4 Å². The third-order valence-electron chi connectivity index (χ3n) is 4.84. The normalized spacial score (nSPS) is 11.2. The van der Waals surface area contributed by atoms with E-state index in [9.17, 15) is 4.79 Å². The van der Waals surface area contributed by atoms with Crippen molar-refractivity contribution in [1.82, 2.24) is 9.38 Å². The van der Waals surface area contributed by atoms with Crippen LogP contribution in [0.25, 0.3) is 27.1 Å². The van der Waals surface area contributed by atoms with Gasteiger partial charge in [0.25, 0.3) is 5.91 Å². The predicted molar refractivity (Wildman–Crippen MR) is 115 cm³/mol. The molecule has 0 aliphatic carbocycles. The minimum absolute atomic E-state index is 0.107. The molecule has 0 spiro atoms. The molecule has 0 unspecified atom stereocenters. The number of anilines is 1. The first kappa shape index (κ1) is 16.7. The Bertz CT molecular complexity index is 1300. The molecule has 5 aromatic rings. The van der Waals surface area contributed by atoms with Crippen LogP contribution < -0.4 is 5.32 Å². The first-order valence-electron chi connectivity index (χ1n) is 9.04. The summed E-state index contributed by atoms with van der Waals surface area (Å²) in [6.07, 6.45) is 0. The molecule has 0 aliphatic heterocycles. The van der Waals surface area contributed by atoms with Crippen LogP contribution in [-0.2, 0) is 0 Å². The Morgan fingerprint density at radius 2 is 1.57 bits per heavy atom. The van der Waals surface area contributed by atoms with Crippen LogP contribution in [0.5, 0.6) is 0 Å². The van der Waals surface area contributed by atoms with Crippen molar-refractivity contribution in [3.05, 3.63) is 89.4 Å². The van der Waals surface area contributed by atoms with Crippen LogP contribution in [0.4, 0.5) is 5.69 Å². The summed E-state index contributed by atoms with van der Waals surface area (Å²) in [7, 11) is 0. The van der Waals surface area contributed by atoms with Gasteiger partial charge >= 0.3 is 0 Å². The number of aromatic nitrogens is 2. The molecule has 2 aromatic heterocycles. The van der Waals surface area contributed by atoms with E-state index in [1.54, 1.807) is 0 Å². The second-order valence-electron chi connectivity index (χ2n) is 6.63. The Morgan fingerprint density at radius 1 is 0.893 bits per heavy atom. The van der Waals surface area contributed by atoms with Gasteiger partial charge < -0.3 is 5.32 Å². The summed E-state index contributed by atoms with van der Waals surface area (Å²) in [4.78, 5) is 19.0. The zero-order valence-electron chi connectivity index (χ0n) is 15.2. The summed E-state index contributed by atoms with van der Waals surface area (Å²) in [5.41, 5.74) is 5.93. The maximum absolute atomic E-state index is 12.9. The molecule has 1 N–H and O–H groups in total. The topological polar surface area (TPSA) is 46.4 Å². The van der Waals surface area contributed by atoms with Crippen molar-refractivity contribution < 1.29 is 4.79 Å². The van der Waals surface area contributed by atoms with Gasteiger partial charge in [-0.3, -0.25) is 9.20 Å².